The summed E-state index contributed by atoms with van der Waals surface area (Å²) in [4.78, 5) is 29.2. The Bertz CT molecular complexity index is 1130. The fourth-order valence-electron chi connectivity index (χ4n) is 4.35. The van der Waals surface area contributed by atoms with Crippen molar-refractivity contribution >= 4 is 18.0 Å². The molecule has 1 aliphatic heterocycles. The van der Waals surface area contributed by atoms with Crippen molar-refractivity contribution in [3.05, 3.63) is 64.2 Å². The number of phenolic OH excluding ortho intramolecular Hbond substituents is 1. The number of amides is 2. The molecule has 1 aliphatic rings. The van der Waals surface area contributed by atoms with E-state index in [-0.39, 0.29) is 34.9 Å². The number of nitrogens with one attached hydrogen (secondary N) is 1. The summed E-state index contributed by atoms with van der Waals surface area (Å²) in [5.41, 5.74) is 6.69. The van der Waals surface area contributed by atoms with E-state index in [4.69, 9.17) is 0 Å². The lowest BCUT2D eigenvalue weighted by molar-refractivity contribution is -0.122. The van der Waals surface area contributed by atoms with Gasteiger partial charge >= 0.3 is 0 Å². The first-order valence-corrected chi connectivity index (χ1v) is 13.1. The first kappa shape index (κ1) is 28.4. The van der Waals surface area contributed by atoms with Gasteiger partial charge in [-0.1, -0.05) is 66.7 Å². The molecule has 1 heterocycles. The number of benzene rings is 2. The Morgan fingerprint density at radius 2 is 1.59 bits per heavy atom. The number of carbonyl (C=O) groups excluding carboxylic acids is 2. The molecule has 0 bridgehead atoms. The van der Waals surface area contributed by atoms with Gasteiger partial charge in [-0.3, -0.25) is 14.5 Å². The third-order valence-electron chi connectivity index (χ3n) is 6.84. The third kappa shape index (κ3) is 7.41. The molecule has 1 fully saturated rings. The number of phenols is 1. The topological polar surface area (TPSA) is 85.2 Å². The Morgan fingerprint density at radius 1 is 0.973 bits per heavy atom. The SMILES string of the molecule is CCc1ccc(C(=O)N2CCN(CC(=O)NN=Cc3cc(C(C)(C)C)cc(C(C)(C)C)c3O)CC2)cc1. The molecule has 0 atom stereocenters. The zero-order chi connectivity index (χ0) is 27.4. The maximum Gasteiger partial charge on any atom is 0.254 e. The van der Waals surface area contributed by atoms with E-state index in [9.17, 15) is 14.7 Å². The molecule has 2 aromatic rings. The minimum atomic E-state index is -0.236. The molecule has 200 valence electrons. The zero-order valence-electron chi connectivity index (χ0n) is 23.4. The van der Waals surface area contributed by atoms with Crippen molar-refractivity contribution in [3.8, 4) is 5.75 Å². The first-order valence-electron chi connectivity index (χ1n) is 13.1. The minimum absolute atomic E-state index is 0.0308. The van der Waals surface area contributed by atoms with Crippen LogP contribution in [0, 0.1) is 0 Å². The average molecular weight is 507 g/mol. The van der Waals surface area contributed by atoms with Crippen LogP contribution >= 0.6 is 0 Å². The molecule has 0 spiro atoms. The number of carbonyl (C=O) groups is 2. The highest BCUT2D eigenvalue weighted by atomic mass is 16.3. The van der Waals surface area contributed by atoms with Crippen molar-refractivity contribution in [2.45, 2.75) is 65.7 Å². The van der Waals surface area contributed by atoms with E-state index in [1.807, 2.05) is 40.1 Å². The Kier molecular flexibility index (Phi) is 8.80. The molecule has 0 aromatic heterocycles. The smallest absolute Gasteiger partial charge is 0.254 e. The van der Waals surface area contributed by atoms with Gasteiger partial charge in [-0.05, 0) is 46.6 Å². The summed E-state index contributed by atoms with van der Waals surface area (Å²) in [7, 11) is 0. The maximum atomic E-state index is 12.8. The molecular formula is C30H42N4O3. The molecule has 1 saturated heterocycles. The highest BCUT2D eigenvalue weighted by Crippen LogP contribution is 2.37. The number of piperazine rings is 1. The summed E-state index contributed by atoms with van der Waals surface area (Å²) < 4.78 is 0. The summed E-state index contributed by atoms with van der Waals surface area (Å²) >= 11 is 0. The predicted octanol–water partition coefficient (Wildman–Crippen LogP) is 4.46. The van der Waals surface area contributed by atoms with Crippen LogP contribution in [0.1, 0.15) is 81.1 Å². The molecule has 7 heteroatoms. The van der Waals surface area contributed by atoms with Gasteiger partial charge in [0.2, 0.25) is 0 Å². The van der Waals surface area contributed by atoms with Crippen molar-refractivity contribution in [3.63, 3.8) is 0 Å². The van der Waals surface area contributed by atoms with Gasteiger partial charge in [0.05, 0.1) is 12.8 Å². The molecule has 0 saturated carbocycles. The van der Waals surface area contributed by atoms with Gasteiger partial charge in [0, 0.05) is 42.9 Å². The van der Waals surface area contributed by atoms with Crippen LogP contribution in [0.2, 0.25) is 0 Å². The Hall–Kier alpha value is -3.19. The Morgan fingerprint density at radius 3 is 2.14 bits per heavy atom. The van der Waals surface area contributed by atoms with Gasteiger partial charge in [-0.15, -0.1) is 0 Å². The second kappa shape index (κ2) is 11.5. The van der Waals surface area contributed by atoms with E-state index in [1.54, 1.807) is 0 Å². The molecule has 0 unspecified atom stereocenters. The number of hydrogen-bond acceptors (Lipinski definition) is 5. The molecular weight excluding hydrogens is 464 g/mol. The second-order valence-electron chi connectivity index (χ2n) is 11.9. The fraction of sp³-hybridized carbons (Fsp3) is 0.500. The van der Waals surface area contributed by atoms with Crippen LogP contribution in [0.5, 0.6) is 5.75 Å². The molecule has 3 rings (SSSR count). The van der Waals surface area contributed by atoms with Crippen LogP contribution in [0.4, 0.5) is 0 Å². The summed E-state index contributed by atoms with van der Waals surface area (Å²) in [6.45, 7) is 17.3. The molecule has 2 N–H and O–H groups in total. The first-order chi connectivity index (χ1) is 17.3. The molecule has 7 nitrogen and oxygen atoms in total. The fourth-order valence-corrected chi connectivity index (χ4v) is 4.35. The highest BCUT2D eigenvalue weighted by molar-refractivity contribution is 5.94. The van der Waals surface area contributed by atoms with E-state index in [2.05, 4.69) is 65.1 Å². The van der Waals surface area contributed by atoms with E-state index < -0.39 is 0 Å². The van der Waals surface area contributed by atoms with Gasteiger partial charge in [-0.2, -0.15) is 5.10 Å². The molecule has 0 radical (unpaired) electrons. The summed E-state index contributed by atoms with van der Waals surface area (Å²) in [5.74, 6) is -0.0133. The number of nitrogens with zero attached hydrogens (tertiary/aromatic N) is 3. The Labute approximate surface area is 221 Å². The molecule has 2 aromatic carbocycles. The second-order valence-corrected chi connectivity index (χ2v) is 11.9. The number of hydrazone groups is 1. The van der Waals surface area contributed by atoms with Crippen LogP contribution in [-0.4, -0.2) is 65.7 Å². The standard InChI is InChI=1S/C30H42N4O3/c1-8-21-9-11-22(12-10-21)28(37)34-15-13-33(14-16-34)20-26(35)32-31-19-23-17-24(29(2,3)4)18-25(27(23)36)30(5,6)7/h9-12,17-19,36H,8,13-16,20H2,1-7H3,(H,32,35). The highest BCUT2D eigenvalue weighted by Gasteiger charge is 2.25. The average Bonchev–Trinajstić information content (AvgIpc) is 2.83. The number of aromatic hydroxyl groups is 1. The van der Waals surface area contributed by atoms with Crippen LogP contribution in [0.25, 0.3) is 0 Å². The van der Waals surface area contributed by atoms with Crippen molar-refractivity contribution < 1.29 is 14.7 Å². The molecule has 2 amide bonds. The van der Waals surface area contributed by atoms with Crippen molar-refractivity contribution in [1.29, 1.82) is 0 Å². The number of rotatable bonds is 6. The normalized spacial score (nSPS) is 15.3. The molecule has 37 heavy (non-hydrogen) atoms. The molecule has 0 aliphatic carbocycles. The minimum Gasteiger partial charge on any atom is -0.507 e. The van der Waals surface area contributed by atoms with Crippen molar-refractivity contribution in [2.75, 3.05) is 32.7 Å². The lowest BCUT2D eigenvalue weighted by atomic mass is 9.79. The number of aryl methyl sites for hydroxylation is 1. The van der Waals surface area contributed by atoms with Crippen LogP contribution in [0.3, 0.4) is 0 Å². The predicted molar refractivity (Wildman–Crippen MR) is 149 cm³/mol. The zero-order valence-corrected chi connectivity index (χ0v) is 23.4. The quantitative estimate of drug-likeness (QED) is 0.448. The van der Waals surface area contributed by atoms with Gasteiger partial charge in [0.1, 0.15) is 5.75 Å². The van der Waals surface area contributed by atoms with E-state index >= 15 is 0 Å². The lowest BCUT2D eigenvalue weighted by Crippen LogP contribution is -2.50. The number of hydrogen-bond donors (Lipinski definition) is 2. The Balaban J connectivity index is 1.56. The summed E-state index contributed by atoms with van der Waals surface area (Å²) in [5, 5.41) is 15.0. The lowest BCUT2D eigenvalue weighted by Gasteiger charge is -2.34. The van der Waals surface area contributed by atoms with Crippen LogP contribution in [0.15, 0.2) is 41.5 Å². The van der Waals surface area contributed by atoms with E-state index in [0.717, 1.165) is 17.5 Å². The third-order valence-corrected chi connectivity index (χ3v) is 6.84. The van der Waals surface area contributed by atoms with Gasteiger partial charge in [-0.25, -0.2) is 5.43 Å². The van der Waals surface area contributed by atoms with Crippen molar-refractivity contribution in [2.24, 2.45) is 5.10 Å². The van der Waals surface area contributed by atoms with Gasteiger partial charge < -0.3 is 10.0 Å². The van der Waals surface area contributed by atoms with Gasteiger partial charge in [0.25, 0.3) is 11.8 Å². The monoisotopic (exact) mass is 506 g/mol. The van der Waals surface area contributed by atoms with Crippen LogP contribution in [-0.2, 0) is 22.0 Å². The summed E-state index contributed by atoms with van der Waals surface area (Å²) in [6.07, 6.45) is 2.46. The van der Waals surface area contributed by atoms with E-state index in [1.165, 1.54) is 11.8 Å². The van der Waals surface area contributed by atoms with Gasteiger partial charge in [0.15, 0.2) is 0 Å². The largest absolute Gasteiger partial charge is 0.507 e. The maximum absolute atomic E-state index is 12.8. The van der Waals surface area contributed by atoms with E-state index in [0.29, 0.717) is 37.3 Å². The summed E-state index contributed by atoms with van der Waals surface area (Å²) in [6, 6.07) is 11.7. The van der Waals surface area contributed by atoms with Crippen LogP contribution < -0.4 is 5.43 Å². The van der Waals surface area contributed by atoms with Crippen molar-refractivity contribution in [1.82, 2.24) is 15.2 Å².